The SMILES string of the molecule is CC1(C)c2ccccc2-c2ccc(N(c3ccc(-c4ccccc4)cc3)c3ccc(-c4cc5ccc6ccc7ccccc7c6c5c5ccccc45)cc3)cc21. The summed E-state index contributed by atoms with van der Waals surface area (Å²) in [4.78, 5) is 2.41. The van der Waals surface area contributed by atoms with E-state index in [4.69, 9.17) is 0 Å². The third-order valence-electron chi connectivity index (χ3n) is 12.2. The molecule has 0 unspecified atom stereocenters. The van der Waals surface area contributed by atoms with E-state index in [0.29, 0.717) is 0 Å². The molecule has 0 bridgehead atoms. The molecule has 10 aromatic rings. The molecule has 0 spiro atoms. The van der Waals surface area contributed by atoms with Crippen LogP contribution < -0.4 is 4.90 Å². The Morgan fingerprint density at radius 2 is 0.857 bits per heavy atom. The van der Waals surface area contributed by atoms with Crippen molar-refractivity contribution in [3.63, 3.8) is 0 Å². The van der Waals surface area contributed by atoms with Gasteiger partial charge in [-0.3, -0.25) is 0 Å². The molecule has 1 heteroatoms. The monoisotopic (exact) mass is 713 g/mol. The van der Waals surface area contributed by atoms with Crippen molar-refractivity contribution in [3.8, 4) is 33.4 Å². The number of anilines is 3. The largest absolute Gasteiger partial charge is 0.310 e. The minimum atomic E-state index is -0.0939. The minimum absolute atomic E-state index is 0.0939. The average Bonchev–Trinajstić information content (AvgIpc) is 3.49. The summed E-state index contributed by atoms with van der Waals surface area (Å²) in [6.45, 7) is 4.71. The first-order valence-corrected chi connectivity index (χ1v) is 19.6. The number of nitrogens with zero attached hydrogens (tertiary/aromatic N) is 1. The molecule has 0 amide bonds. The van der Waals surface area contributed by atoms with Crippen molar-refractivity contribution in [3.05, 3.63) is 211 Å². The van der Waals surface area contributed by atoms with Gasteiger partial charge in [0.15, 0.2) is 0 Å². The van der Waals surface area contributed by atoms with Gasteiger partial charge in [-0.15, -0.1) is 0 Å². The van der Waals surface area contributed by atoms with E-state index in [1.165, 1.54) is 87.6 Å². The predicted octanol–water partition coefficient (Wildman–Crippen LogP) is 15.4. The number of hydrogen-bond donors (Lipinski definition) is 0. The Labute approximate surface area is 327 Å². The van der Waals surface area contributed by atoms with Crippen molar-refractivity contribution in [2.75, 3.05) is 4.90 Å². The third-order valence-corrected chi connectivity index (χ3v) is 12.2. The Hall–Kier alpha value is -6.96. The number of rotatable bonds is 5. The first kappa shape index (κ1) is 32.5. The van der Waals surface area contributed by atoms with Crippen molar-refractivity contribution in [2.24, 2.45) is 0 Å². The fourth-order valence-corrected chi connectivity index (χ4v) is 9.43. The maximum Gasteiger partial charge on any atom is 0.0465 e. The van der Waals surface area contributed by atoms with Crippen LogP contribution in [0.15, 0.2) is 200 Å². The van der Waals surface area contributed by atoms with Crippen LogP contribution >= 0.6 is 0 Å². The summed E-state index contributed by atoms with van der Waals surface area (Å²) in [5.74, 6) is 0. The molecule has 56 heavy (non-hydrogen) atoms. The van der Waals surface area contributed by atoms with Crippen LogP contribution in [0.25, 0.3) is 76.5 Å². The first-order chi connectivity index (χ1) is 27.5. The zero-order valence-electron chi connectivity index (χ0n) is 31.5. The van der Waals surface area contributed by atoms with Gasteiger partial charge in [0.1, 0.15) is 0 Å². The highest BCUT2D eigenvalue weighted by molar-refractivity contribution is 6.29. The van der Waals surface area contributed by atoms with Crippen molar-refractivity contribution in [1.29, 1.82) is 0 Å². The molecule has 0 saturated heterocycles. The fraction of sp³-hybridized carbons (Fsp3) is 0.0545. The Morgan fingerprint density at radius 1 is 0.321 bits per heavy atom. The van der Waals surface area contributed by atoms with Crippen LogP contribution in [0.2, 0.25) is 0 Å². The van der Waals surface area contributed by atoms with E-state index in [2.05, 4.69) is 219 Å². The van der Waals surface area contributed by atoms with Gasteiger partial charge in [0, 0.05) is 22.5 Å². The van der Waals surface area contributed by atoms with Crippen molar-refractivity contribution < 1.29 is 0 Å². The van der Waals surface area contributed by atoms with E-state index in [1.807, 2.05) is 0 Å². The topological polar surface area (TPSA) is 3.24 Å². The summed E-state index contributed by atoms with van der Waals surface area (Å²) >= 11 is 0. The average molecular weight is 714 g/mol. The smallest absolute Gasteiger partial charge is 0.0465 e. The molecule has 1 nitrogen and oxygen atoms in total. The van der Waals surface area contributed by atoms with Gasteiger partial charge in [0.25, 0.3) is 0 Å². The van der Waals surface area contributed by atoms with Crippen LogP contribution in [-0.4, -0.2) is 0 Å². The highest BCUT2D eigenvalue weighted by atomic mass is 15.1. The number of benzene rings is 10. The third kappa shape index (κ3) is 5.01. The van der Waals surface area contributed by atoms with Gasteiger partial charge in [-0.2, -0.15) is 0 Å². The van der Waals surface area contributed by atoms with Gasteiger partial charge in [0.2, 0.25) is 0 Å². The van der Waals surface area contributed by atoms with Crippen LogP contribution in [-0.2, 0) is 5.41 Å². The number of hydrogen-bond acceptors (Lipinski definition) is 1. The van der Waals surface area contributed by atoms with Crippen LogP contribution in [0, 0.1) is 0 Å². The molecule has 1 aliphatic rings. The molecule has 0 aromatic heterocycles. The molecule has 0 radical (unpaired) electrons. The predicted molar refractivity (Wildman–Crippen MR) is 240 cm³/mol. The zero-order chi connectivity index (χ0) is 37.4. The maximum absolute atomic E-state index is 2.42. The quantitative estimate of drug-likeness (QED) is 0.161. The van der Waals surface area contributed by atoms with E-state index in [0.717, 1.165) is 17.1 Å². The van der Waals surface area contributed by atoms with Crippen LogP contribution in [0.4, 0.5) is 17.1 Å². The second-order valence-electron chi connectivity index (χ2n) is 15.7. The van der Waals surface area contributed by atoms with Gasteiger partial charge in [0.05, 0.1) is 0 Å². The maximum atomic E-state index is 2.42. The summed E-state index contributed by atoms with van der Waals surface area (Å²) < 4.78 is 0. The molecule has 10 aromatic carbocycles. The molecule has 0 aliphatic heterocycles. The highest BCUT2D eigenvalue weighted by Crippen LogP contribution is 2.51. The Balaban J connectivity index is 1.06. The summed E-state index contributed by atoms with van der Waals surface area (Å²) in [7, 11) is 0. The normalized spacial score (nSPS) is 13.0. The molecule has 0 heterocycles. The minimum Gasteiger partial charge on any atom is -0.310 e. The van der Waals surface area contributed by atoms with Gasteiger partial charge in [-0.25, -0.2) is 0 Å². The Kier molecular flexibility index (Phi) is 7.28. The summed E-state index contributed by atoms with van der Waals surface area (Å²) in [5, 5.41) is 10.3. The Morgan fingerprint density at radius 3 is 1.62 bits per heavy atom. The van der Waals surface area contributed by atoms with Crippen LogP contribution in [0.5, 0.6) is 0 Å². The van der Waals surface area contributed by atoms with Gasteiger partial charge >= 0.3 is 0 Å². The summed E-state index contributed by atoms with van der Waals surface area (Å²) in [6.07, 6.45) is 0. The summed E-state index contributed by atoms with van der Waals surface area (Å²) in [5.41, 5.74) is 13.6. The lowest BCUT2D eigenvalue weighted by Gasteiger charge is -2.28. The Bertz CT molecular complexity index is 3140. The van der Waals surface area contributed by atoms with Gasteiger partial charge in [-0.05, 0) is 130 Å². The van der Waals surface area contributed by atoms with Crippen LogP contribution in [0.1, 0.15) is 25.0 Å². The van der Waals surface area contributed by atoms with Gasteiger partial charge < -0.3 is 4.90 Å². The molecule has 0 saturated carbocycles. The molecular formula is C55H39N. The van der Waals surface area contributed by atoms with E-state index >= 15 is 0 Å². The van der Waals surface area contributed by atoms with E-state index in [-0.39, 0.29) is 5.41 Å². The second kappa shape index (κ2) is 12.5. The standard InChI is InChI=1S/C55H39N/c1-55(2)51-19-11-10-17-47(51)48-33-32-44(35-52(48)55)56(42-28-24-37(25-29-42)36-12-4-3-5-13-36)43-30-26-39(27-31-43)50-34-41-23-22-40-21-20-38-14-6-7-15-45(38)53(40)54(41)49-18-9-8-16-46(49)50/h3-35H,1-2H3. The van der Waals surface area contributed by atoms with Crippen molar-refractivity contribution in [2.45, 2.75) is 19.3 Å². The highest BCUT2D eigenvalue weighted by Gasteiger charge is 2.35. The fourth-order valence-electron chi connectivity index (χ4n) is 9.43. The molecule has 0 N–H and O–H groups in total. The second-order valence-corrected chi connectivity index (χ2v) is 15.7. The van der Waals surface area contributed by atoms with Crippen molar-refractivity contribution in [1.82, 2.24) is 0 Å². The van der Waals surface area contributed by atoms with Gasteiger partial charge in [-0.1, -0.05) is 172 Å². The molecule has 264 valence electrons. The first-order valence-electron chi connectivity index (χ1n) is 19.6. The lowest BCUT2D eigenvalue weighted by molar-refractivity contribution is 0.660. The van der Waals surface area contributed by atoms with E-state index in [1.54, 1.807) is 0 Å². The van der Waals surface area contributed by atoms with Crippen LogP contribution in [0.3, 0.4) is 0 Å². The van der Waals surface area contributed by atoms with E-state index < -0.39 is 0 Å². The molecular weight excluding hydrogens is 675 g/mol. The molecule has 11 rings (SSSR count). The summed E-state index contributed by atoms with van der Waals surface area (Å²) in [6, 6.07) is 73.9. The molecule has 0 atom stereocenters. The number of fused-ring (bicyclic) bond motifs is 10. The van der Waals surface area contributed by atoms with E-state index in [9.17, 15) is 0 Å². The lowest BCUT2D eigenvalue weighted by Crippen LogP contribution is -2.16. The molecule has 1 aliphatic carbocycles. The molecule has 0 fully saturated rings. The zero-order valence-corrected chi connectivity index (χ0v) is 31.5. The van der Waals surface area contributed by atoms with Crippen molar-refractivity contribution >= 4 is 60.2 Å². The lowest BCUT2D eigenvalue weighted by atomic mass is 9.82.